The molecule has 4 rings (SSSR count). The van der Waals surface area contributed by atoms with Crippen LogP contribution in [0.15, 0.2) is 33.1 Å². The molecule has 4 nitrogen and oxygen atoms in total. The van der Waals surface area contributed by atoms with Gasteiger partial charge in [-0.15, -0.1) is 0 Å². The first-order valence-electron chi connectivity index (χ1n) is 8.08. The molecular formula is C18H21NO3. The fraction of sp³-hybridized carbons (Fsp3) is 0.500. The first-order chi connectivity index (χ1) is 10.6. The summed E-state index contributed by atoms with van der Waals surface area (Å²) in [4.78, 5) is 14.5. The number of rotatable bonds is 5. The number of aryl methyl sites for hydroxylation is 1. The molecule has 2 fully saturated rings. The van der Waals surface area contributed by atoms with Gasteiger partial charge in [0, 0.05) is 12.0 Å². The van der Waals surface area contributed by atoms with Crippen LogP contribution in [-0.4, -0.2) is 16.8 Å². The van der Waals surface area contributed by atoms with E-state index in [1.807, 2.05) is 24.0 Å². The van der Waals surface area contributed by atoms with Crippen LogP contribution >= 0.6 is 0 Å². The van der Waals surface area contributed by atoms with E-state index >= 15 is 0 Å². The van der Waals surface area contributed by atoms with Gasteiger partial charge >= 0.3 is 0 Å². The van der Waals surface area contributed by atoms with Gasteiger partial charge in [0.15, 0.2) is 5.76 Å². The van der Waals surface area contributed by atoms with Crippen LogP contribution in [0, 0.1) is 12.8 Å². The topological polar surface area (TPSA) is 46.6 Å². The summed E-state index contributed by atoms with van der Waals surface area (Å²) < 4.78 is 11.4. The van der Waals surface area contributed by atoms with Gasteiger partial charge in [-0.1, -0.05) is 6.92 Å². The summed E-state index contributed by atoms with van der Waals surface area (Å²) in [7, 11) is 0. The van der Waals surface area contributed by atoms with Gasteiger partial charge in [0.05, 0.1) is 6.54 Å². The second kappa shape index (κ2) is 5.04. The lowest BCUT2D eigenvalue weighted by Crippen LogP contribution is -2.32. The van der Waals surface area contributed by atoms with E-state index in [1.54, 1.807) is 6.07 Å². The van der Waals surface area contributed by atoms with Crippen molar-refractivity contribution >= 4 is 5.91 Å². The predicted octanol–water partition coefficient (Wildman–Crippen LogP) is 4.11. The number of carbonyl (C=O) groups is 1. The van der Waals surface area contributed by atoms with Crippen molar-refractivity contribution in [3.8, 4) is 0 Å². The quantitative estimate of drug-likeness (QED) is 0.834. The van der Waals surface area contributed by atoms with E-state index in [9.17, 15) is 4.79 Å². The number of nitrogens with zero attached hydrogens (tertiary/aromatic N) is 1. The highest BCUT2D eigenvalue weighted by Crippen LogP contribution is 2.47. The van der Waals surface area contributed by atoms with E-state index in [4.69, 9.17) is 8.83 Å². The van der Waals surface area contributed by atoms with Gasteiger partial charge in [0.2, 0.25) is 0 Å². The number of furan rings is 2. The van der Waals surface area contributed by atoms with Crippen molar-refractivity contribution in [3.05, 3.63) is 47.3 Å². The molecule has 4 heteroatoms. The molecule has 2 aliphatic carbocycles. The van der Waals surface area contributed by atoms with Gasteiger partial charge in [0.25, 0.3) is 5.91 Å². The molecule has 2 heterocycles. The van der Waals surface area contributed by atoms with Crippen molar-refractivity contribution < 1.29 is 13.6 Å². The Bertz CT molecular complexity index is 695. The molecule has 1 amide bonds. The van der Waals surface area contributed by atoms with E-state index in [2.05, 4.69) is 13.0 Å². The molecule has 2 aliphatic rings. The Kier molecular flexibility index (Phi) is 3.13. The first kappa shape index (κ1) is 13.7. The average Bonchev–Trinajstić information content (AvgIpc) is 3.37. The fourth-order valence-electron chi connectivity index (χ4n) is 3.01. The molecule has 0 spiro atoms. The third-order valence-corrected chi connectivity index (χ3v) is 4.68. The van der Waals surface area contributed by atoms with Crippen LogP contribution in [0.4, 0.5) is 0 Å². The normalized spacial score (nSPS) is 23.5. The van der Waals surface area contributed by atoms with E-state index in [0.717, 1.165) is 36.0 Å². The van der Waals surface area contributed by atoms with Crippen molar-refractivity contribution in [1.82, 2.24) is 4.90 Å². The van der Waals surface area contributed by atoms with Crippen LogP contribution in [-0.2, 0) is 6.54 Å². The molecule has 0 saturated heterocycles. The summed E-state index contributed by atoms with van der Waals surface area (Å²) in [6.07, 6.45) is 3.35. The molecule has 0 N–H and O–H groups in total. The average molecular weight is 299 g/mol. The number of amides is 1. The summed E-state index contributed by atoms with van der Waals surface area (Å²) in [6.45, 7) is 4.63. The molecular weight excluding hydrogens is 278 g/mol. The van der Waals surface area contributed by atoms with Crippen molar-refractivity contribution in [2.45, 2.75) is 51.6 Å². The fourth-order valence-corrected chi connectivity index (χ4v) is 3.01. The zero-order valence-corrected chi connectivity index (χ0v) is 13.0. The molecule has 0 aliphatic heterocycles. The number of carbonyl (C=O) groups excluding carboxylic acids is 1. The monoisotopic (exact) mass is 299 g/mol. The standard InChI is InChI=1S/C18H21NO3/c1-11-9-15(11)16-8-6-14(22-16)10-19(13-4-5-13)18(20)17-7-3-12(2)21-17/h3,6-8,11,13,15H,4-5,9-10H2,1-2H3/t11-,15+/m1/s1. The zero-order valence-electron chi connectivity index (χ0n) is 13.0. The Morgan fingerprint density at radius 1 is 1.23 bits per heavy atom. The molecule has 2 saturated carbocycles. The molecule has 0 radical (unpaired) electrons. The Morgan fingerprint density at radius 2 is 2.00 bits per heavy atom. The SMILES string of the molecule is Cc1ccc(C(=O)N(Cc2ccc([C@H]3C[C@H]3C)o2)C2CC2)o1. The lowest BCUT2D eigenvalue weighted by Gasteiger charge is -2.20. The summed E-state index contributed by atoms with van der Waals surface area (Å²) in [5.74, 6) is 4.40. The van der Waals surface area contributed by atoms with Gasteiger partial charge in [-0.25, -0.2) is 0 Å². The van der Waals surface area contributed by atoms with Gasteiger partial charge in [-0.05, 0) is 56.4 Å². The van der Waals surface area contributed by atoms with Crippen molar-refractivity contribution in [3.63, 3.8) is 0 Å². The lowest BCUT2D eigenvalue weighted by atomic mass is 10.3. The summed E-state index contributed by atoms with van der Waals surface area (Å²) in [5.41, 5.74) is 0. The van der Waals surface area contributed by atoms with E-state index in [-0.39, 0.29) is 5.91 Å². The largest absolute Gasteiger partial charge is 0.464 e. The van der Waals surface area contributed by atoms with E-state index in [1.165, 1.54) is 6.42 Å². The highest BCUT2D eigenvalue weighted by atomic mass is 16.4. The molecule has 116 valence electrons. The lowest BCUT2D eigenvalue weighted by molar-refractivity contribution is 0.0683. The Hall–Kier alpha value is -1.97. The Balaban J connectivity index is 1.50. The van der Waals surface area contributed by atoms with Crippen LogP contribution in [0.25, 0.3) is 0 Å². The minimum absolute atomic E-state index is 0.0339. The molecule has 0 unspecified atom stereocenters. The highest BCUT2D eigenvalue weighted by molar-refractivity contribution is 5.91. The van der Waals surface area contributed by atoms with Crippen LogP contribution in [0.1, 0.15) is 59.9 Å². The Labute approximate surface area is 130 Å². The molecule has 2 aromatic heterocycles. The summed E-state index contributed by atoms with van der Waals surface area (Å²) in [6, 6.07) is 7.99. The first-order valence-corrected chi connectivity index (χ1v) is 8.08. The second-order valence-corrected chi connectivity index (χ2v) is 6.70. The van der Waals surface area contributed by atoms with Crippen LogP contribution in [0.5, 0.6) is 0 Å². The molecule has 0 aromatic carbocycles. The van der Waals surface area contributed by atoms with Gasteiger partial charge in [0.1, 0.15) is 17.3 Å². The van der Waals surface area contributed by atoms with Crippen molar-refractivity contribution in [2.24, 2.45) is 5.92 Å². The molecule has 22 heavy (non-hydrogen) atoms. The van der Waals surface area contributed by atoms with E-state index in [0.29, 0.717) is 24.3 Å². The maximum absolute atomic E-state index is 12.6. The minimum atomic E-state index is -0.0339. The van der Waals surface area contributed by atoms with E-state index < -0.39 is 0 Å². The van der Waals surface area contributed by atoms with Crippen LogP contribution in [0.3, 0.4) is 0 Å². The molecule has 2 aromatic rings. The Morgan fingerprint density at radius 3 is 2.59 bits per heavy atom. The summed E-state index contributed by atoms with van der Waals surface area (Å²) >= 11 is 0. The molecule has 0 bridgehead atoms. The maximum atomic E-state index is 12.6. The number of hydrogen-bond acceptors (Lipinski definition) is 3. The third kappa shape index (κ3) is 2.58. The minimum Gasteiger partial charge on any atom is -0.464 e. The van der Waals surface area contributed by atoms with Crippen LogP contribution in [0.2, 0.25) is 0 Å². The van der Waals surface area contributed by atoms with Gasteiger partial charge in [-0.3, -0.25) is 4.79 Å². The van der Waals surface area contributed by atoms with Gasteiger partial charge in [-0.2, -0.15) is 0 Å². The smallest absolute Gasteiger partial charge is 0.290 e. The zero-order chi connectivity index (χ0) is 15.3. The number of hydrogen-bond donors (Lipinski definition) is 0. The summed E-state index contributed by atoms with van der Waals surface area (Å²) in [5, 5.41) is 0. The maximum Gasteiger partial charge on any atom is 0.290 e. The highest BCUT2D eigenvalue weighted by Gasteiger charge is 2.38. The third-order valence-electron chi connectivity index (χ3n) is 4.68. The van der Waals surface area contributed by atoms with Crippen molar-refractivity contribution in [2.75, 3.05) is 0 Å². The molecule has 2 atom stereocenters. The predicted molar refractivity (Wildman–Crippen MR) is 81.6 cm³/mol. The second-order valence-electron chi connectivity index (χ2n) is 6.70. The van der Waals surface area contributed by atoms with Crippen LogP contribution < -0.4 is 0 Å². The van der Waals surface area contributed by atoms with Gasteiger partial charge < -0.3 is 13.7 Å². The van der Waals surface area contributed by atoms with Crippen molar-refractivity contribution in [1.29, 1.82) is 0 Å².